The number of hydrogen-bond acceptors (Lipinski definition) is 5. The Morgan fingerprint density at radius 3 is 2.33 bits per heavy atom. The van der Waals surface area contributed by atoms with E-state index in [9.17, 15) is 12.8 Å². The van der Waals surface area contributed by atoms with Crippen molar-refractivity contribution >= 4 is 10.0 Å². The van der Waals surface area contributed by atoms with E-state index in [1.807, 2.05) is 0 Å². The van der Waals surface area contributed by atoms with Gasteiger partial charge in [0.15, 0.2) is 0 Å². The normalized spacial score (nSPS) is 23.6. The second-order valence-corrected chi connectivity index (χ2v) is 6.73. The van der Waals surface area contributed by atoms with Crippen LogP contribution >= 0.6 is 0 Å². The lowest BCUT2D eigenvalue weighted by Gasteiger charge is -2.18. The molecule has 0 radical (unpaired) electrons. The molecule has 0 aromatic heterocycles. The van der Waals surface area contributed by atoms with Gasteiger partial charge in [-0.2, -0.15) is 4.31 Å². The van der Waals surface area contributed by atoms with Crippen molar-refractivity contribution in [2.45, 2.75) is 23.6 Å². The lowest BCUT2D eigenvalue weighted by Crippen LogP contribution is -2.31. The molecule has 0 bridgehead atoms. The van der Waals surface area contributed by atoms with Crippen LogP contribution in [0.25, 0.3) is 0 Å². The van der Waals surface area contributed by atoms with E-state index in [0.717, 1.165) is 6.07 Å². The number of rotatable bonds is 5. The average Bonchev–Trinajstić information content (AvgIpc) is 2.91. The predicted molar refractivity (Wildman–Crippen MR) is 74.6 cm³/mol. The molecular formula is C13H19FN2O4S. The third kappa shape index (κ3) is 3.09. The summed E-state index contributed by atoms with van der Waals surface area (Å²) in [6.45, 7) is 0.347. The largest absolute Gasteiger partial charge is 0.377 e. The first-order chi connectivity index (χ1) is 9.93. The van der Waals surface area contributed by atoms with E-state index in [1.165, 1.54) is 30.7 Å². The second kappa shape index (κ2) is 6.37. The molecular weight excluding hydrogens is 299 g/mol. The van der Waals surface area contributed by atoms with Crippen molar-refractivity contribution in [1.29, 1.82) is 0 Å². The third-order valence-electron chi connectivity index (χ3n) is 3.65. The Bertz CT molecular complexity index is 596. The first kappa shape index (κ1) is 16.3. The van der Waals surface area contributed by atoms with Crippen molar-refractivity contribution in [2.75, 3.05) is 27.3 Å². The van der Waals surface area contributed by atoms with E-state index >= 15 is 0 Å². The van der Waals surface area contributed by atoms with Crippen LogP contribution in [-0.2, 0) is 26.0 Å². The van der Waals surface area contributed by atoms with Crippen molar-refractivity contribution in [3.05, 3.63) is 29.6 Å². The van der Waals surface area contributed by atoms with Crippen LogP contribution in [0.2, 0.25) is 0 Å². The van der Waals surface area contributed by atoms with Gasteiger partial charge in [-0.05, 0) is 17.7 Å². The molecule has 1 aliphatic rings. The molecule has 21 heavy (non-hydrogen) atoms. The zero-order valence-corrected chi connectivity index (χ0v) is 12.8. The van der Waals surface area contributed by atoms with Crippen molar-refractivity contribution in [3.8, 4) is 0 Å². The molecule has 0 spiro atoms. The molecule has 1 fully saturated rings. The Kier molecular flexibility index (Phi) is 4.95. The fraction of sp³-hybridized carbons (Fsp3) is 0.538. The quantitative estimate of drug-likeness (QED) is 0.845. The fourth-order valence-corrected chi connectivity index (χ4v) is 4.14. The molecule has 0 saturated carbocycles. The van der Waals surface area contributed by atoms with Gasteiger partial charge in [0, 0.05) is 33.9 Å². The van der Waals surface area contributed by atoms with Gasteiger partial charge in [0.25, 0.3) is 0 Å². The monoisotopic (exact) mass is 318 g/mol. The molecule has 2 N–H and O–H groups in total. The number of sulfonamides is 1. The molecule has 2 rings (SSSR count). The zero-order valence-electron chi connectivity index (χ0n) is 12.0. The second-order valence-electron chi connectivity index (χ2n) is 4.83. The highest BCUT2D eigenvalue weighted by atomic mass is 32.2. The molecule has 1 saturated heterocycles. The smallest absolute Gasteiger partial charge is 0.243 e. The summed E-state index contributed by atoms with van der Waals surface area (Å²) in [5.74, 6) is -0.614. The number of halogens is 1. The summed E-state index contributed by atoms with van der Waals surface area (Å²) in [7, 11) is -0.836. The molecule has 2 unspecified atom stereocenters. The van der Waals surface area contributed by atoms with Crippen molar-refractivity contribution in [3.63, 3.8) is 0 Å². The molecule has 8 heteroatoms. The number of nitrogens with two attached hydrogens (primary N) is 1. The van der Waals surface area contributed by atoms with E-state index in [4.69, 9.17) is 15.2 Å². The van der Waals surface area contributed by atoms with Gasteiger partial charge in [0.2, 0.25) is 10.0 Å². The highest BCUT2D eigenvalue weighted by Gasteiger charge is 2.40. The van der Waals surface area contributed by atoms with Crippen LogP contribution in [0.5, 0.6) is 0 Å². The van der Waals surface area contributed by atoms with Crippen molar-refractivity contribution in [2.24, 2.45) is 5.73 Å². The van der Waals surface area contributed by atoms with Gasteiger partial charge in [-0.15, -0.1) is 0 Å². The van der Waals surface area contributed by atoms with Gasteiger partial charge in [-0.3, -0.25) is 0 Å². The van der Waals surface area contributed by atoms with Crippen LogP contribution in [-0.4, -0.2) is 52.2 Å². The molecule has 0 amide bonds. The third-order valence-corrected chi connectivity index (χ3v) is 5.57. The minimum absolute atomic E-state index is 0.0180. The maximum atomic E-state index is 13.4. The molecule has 1 aromatic carbocycles. The van der Waals surface area contributed by atoms with Crippen molar-refractivity contribution < 1.29 is 22.3 Å². The molecule has 0 aliphatic carbocycles. The molecule has 1 aliphatic heterocycles. The van der Waals surface area contributed by atoms with E-state index < -0.39 is 15.8 Å². The number of methoxy groups -OCH3 is 2. The Morgan fingerprint density at radius 1 is 1.29 bits per heavy atom. The molecule has 1 aromatic rings. The van der Waals surface area contributed by atoms with Gasteiger partial charge in [-0.1, -0.05) is 6.07 Å². The highest BCUT2D eigenvalue weighted by molar-refractivity contribution is 7.89. The number of nitrogens with zero attached hydrogens (tertiary/aromatic N) is 1. The minimum Gasteiger partial charge on any atom is -0.377 e. The predicted octanol–water partition coefficient (Wildman–Crippen LogP) is 0.319. The Labute approximate surface area is 123 Å². The van der Waals surface area contributed by atoms with E-state index in [2.05, 4.69) is 0 Å². The Hall–Kier alpha value is -1.06. The fourth-order valence-electron chi connectivity index (χ4n) is 2.44. The lowest BCUT2D eigenvalue weighted by molar-refractivity contribution is -0.00461. The summed E-state index contributed by atoms with van der Waals surface area (Å²) in [5, 5.41) is 0. The van der Waals surface area contributed by atoms with Crippen LogP contribution < -0.4 is 5.73 Å². The summed E-state index contributed by atoms with van der Waals surface area (Å²) in [5.41, 5.74) is 5.93. The summed E-state index contributed by atoms with van der Waals surface area (Å²) in [6, 6.07) is 3.58. The van der Waals surface area contributed by atoms with Gasteiger partial charge < -0.3 is 15.2 Å². The molecule has 118 valence electrons. The summed E-state index contributed by atoms with van der Waals surface area (Å²) >= 11 is 0. The molecule has 6 nitrogen and oxygen atoms in total. The van der Waals surface area contributed by atoms with Crippen LogP contribution in [0.1, 0.15) is 5.56 Å². The van der Waals surface area contributed by atoms with Crippen LogP contribution in [0.15, 0.2) is 23.1 Å². The van der Waals surface area contributed by atoms with Gasteiger partial charge >= 0.3 is 0 Å². The maximum Gasteiger partial charge on any atom is 0.243 e. The topological polar surface area (TPSA) is 81.9 Å². The Morgan fingerprint density at radius 2 is 1.86 bits per heavy atom. The standard InChI is InChI=1S/C13H19FN2O4S/c1-19-11-7-16(8-12(11)20-2)21(17,18)13-5-10(14)4-3-9(13)6-15/h3-5,11-12H,6-8,15H2,1-2H3. The number of ether oxygens (including phenoxy) is 2. The van der Waals surface area contributed by atoms with E-state index in [0.29, 0.717) is 5.56 Å². The van der Waals surface area contributed by atoms with Crippen LogP contribution in [0.4, 0.5) is 4.39 Å². The van der Waals surface area contributed by atoms with Gasteiger partial charge in [0.05, 0.1) is 17.1 Å². The van der Waals surface area contributed by atoms with Gasteiger partial charge in [-0.25, -0.2) is 12.8 Å². The van der Waals surface area contributed by atoms with E-state index in [1.54, 1.807) is 0 Å². The lowest BCUT2D eigenvalue weighted by atomic mass is 10.2. The van der Waals surface area contributed by atoms with E-state index in [-0.39, 0.29) is 36.7 Å². The molecule has 1 heterocycles. The summed E-state index contributed by atoms with van der Waals surface area (Å²) < 4.78 is 50.5. The first-order valence-corrected chi connectivity index (χ1v) is 7.92. The summed E-state index contributed by atoms with van der Waals surface area (Å²) in [6.07, 6.45) is -0.695. The Balaban J connectivity index is 2.37. The average molecular weight is 318 g/mol. The highest BCUT2D eigenvalue weighted by Crippen LogP contribution is 2.26. The first-order valence-electron chi connectivity index (χ1n) is 6.48. The van der Waals surface area contributed by atoms with Crippen molar-refractivity contribution in [1.82, 2.24) is 4.31 Å². The number of benzene rings is 1. The maximum absolute atomic E-state index is 13.4. The van der Waals surface area contributed by atoms with Gasteiger partial charge in [0.1, 0.15) is 5.82 Å². The SMILES string of the molecule is COC1CN(S(=O)(=O)c2cc(F)ccc2CN)CC1OC. The van der Waals surface area contributed by atoms with Crippen LogP contribution in [0.3, 0.4) is 0 Å². The zero-order chi connectivity index (χ0) is 15.6. The minimum atomic E-state index is -3.84. The summed E-state index contributed by atoms with van der Waals surface area (Å²) in [4.78, 5) is -0.100. The number of hydrogen-bond donors (Lipinski definition) is 1. The van der Waals surface area contributed by atoms with Crippen LogP contribution in [0, 0.1) is 5.82 Å². The molecule has 2 atom stereocenters.